The number of carbonyl (C=O) groups excluding carboxylic acids is 2. The van der Waals surface area contributed by atoms with Gasteiger partial charge in [0.15, 0.2) is 0 Å². The molecular formula is C17H25N3O5. The second kappa shape index (κ2) is 10.3. The summed E-state index contributed by atoms with van der Waals surface area (Å²) in [6, 6.07) is 3.80. The number of rotatable bonds is 9. The van der Waals surface area contributed by atoms with Gasteiger partial charge in [-0.3, -0.25) is 19.7 Å². The number of ether oxygens (including phenoxy) is 1. The lowest BCUT2D eigenvalue weighted by molar-refractivity contribution is -0.384. The molecule has 0 bridgehead atoms. The molecule has 0 fully saturated rings. The number of hydrogen-bond acceptors (Lipinski definition) is 5. The van der Waals surface area contributed by atoms with Crippen LogP contribution in [-0.4, -0.2) is 41.8 Å². The van der Waals surface area contributed by atoms with E-state index in [1.165, 1.54) is 25.3 Å². The fourth-order valence-electron chi connectivity index (χ4n) is 2.23. The zero-order valence-electron chi connectivity index (χ0n) is 14.9. The lowest BCUT2D eigenvalue weighted by Gasteiger charge is -2.22. The predicted octanol–water partition coefficient (Wildman–Crippen LogP) is 2.97. The van der Waals surface area contributed by atoms with Crippen molar-refractivity contribution >= 4 is 23.2 Å². The van der Waals surface area contributed by atoms with Gasteiger partial charge in [-0.1, -0.05) is 26.7 Å². The topological polar surface area (TPSA) is 102 Å². The minimum atomic E-state index is -0.778. The minimum Gasteiger partial charge on any atom is -0.494 e. The van der Waals surface area contributed by atoms with Crippen LogP contribution in [0.2, 0.25) is 0 Å². The van der Waals surface area contributed by atoms with Gasteiger partial charge in [-0.05, 0) is 18.9 Å². The number of benzene rings is 1. The Morgan fingerprint density at radius 1 is 1.20 bits per heavy atom. The summed E-state index contributed by atoms with van der Waals surface area (Å²) in [6.07, 6.45) is 3.49. The summed E-state index contributed by atoms with van der Waals surface area (Å²) in [6.45, 7) is 5.09. The van der Waals surface area contributed by atoms with Crippen LogP contribution < -0.4 is 10.1 Å². The molecule has 25 heavy (non-hydrogen) atoms. The summed E-state index contributed by atoms with van der Waals surface area (Å²) in [7, 11) is 1.34. The van der Waals surface area contributed by atoms with E-state index < -0.39 is 16.7 Å². The second-order valence-corrected chi connectivity index (χ2v) is 5.60. The van der Waals surface area contributed by atoms with Crippen LogP contribution >= 0.6 is 0 Å². The van der Waals surface area contributed by atoms with Crippen molar-refractivity contribution in [3.63, 3.8) is 0 Å². The monoisotopic (exact) mass is 351 g/mol. The van der Waals surface area contributed by atoms with Crippen LogP contribution in [0.4, 0.5) is 11.4 Å². The van der Waals surface area contributed by atoms with E-state index >= 15 is 0 Å². The first-order chi connectivity index (χ1) is 11.9. The van der Waals surface area contributed by atoms with Crippen LogP contribution in [0.5, 0.6) is 5.75 Å². The smallest absolute Gasteiger partial charge is 0.314 e. The Morgan fingerprint density at radius 2 is 1.80 bits per heavy atom. The number of methoxy groups -OCH3 is 1. The van der Waals surface area contributed by atoms with Gasteiger partial charge in [0, 0.05) is 19.2 Å². The number of nitrogens with zero attached hydrogens (tertiary/aromatic N) is 2. The molecule has 1 aromatic carbocycles. The maximum absolute atomic E-state index is 12.4. The maximum Gasteiger partial charge on any atom is 0.314 e. The molecule has 0 spiro atoms. The van der Waals surface area contributed by atoms with Crippen LogP contribution in [-0.2, 0) is 9.59 Å². The van der Waals surface area contributed by atoms with Crippen LogP contribution in [0.15, 0.2) is 18.2 Å². The van der Waals surface area contributed by atoms with Crippen molar-refractivity contribution in [2.45, 2.75) is 39.5 Å². The Bertz CT molecular complexity index is 610. The summed E-state index contributed by atoms with van der Waals surface area (Å²) in [5.74, 6) is -1.26. The highest BCUT2D eigenvalue weighted by Gasteiger charge is 2.23. The van der Waals surface area contributed by atoms with Gasteiger partial charge in [0.1, 0.15) is 5.75 Å². The third-order valence-corrected chi connectivity index (χ3v) is 3.69. The Morgan fingerprint density at radius 3 is 2.28 bits per heavy atom. The van der Waals surface area contributed by atoms with Gasteiger partial charge in [0.25, 0.3) is 5.69 Å². The van der Waals surface area contributed by atoms with E-state index in [1.807, 2.05) is 13.8 Å². The van der Waals surface area contributed by atoms with E-state index in [1.54, 1.807) is 4.90 Å². The van der Waals surface area contributed by atoms with Gasteiger partial charge in [-0.2, -0.15) is 0 Å². The van der Waals surface area contributed by atoms with Crippen molar-refractivity contribution < 1.29 is 19.2 Å². The number of non-ortho nitro benzene ring substituents is 1. The Balaban J connectivity index is 2.87. The molecular weight excluding hydrogens is 326 g/mol. The van der Waals surface area contributed by atoms with Crippen LogP contribution in [0, 0.1) is 10.1 Å². The predicted molar refractivity (Wildman–Crippen MR) is 94.7 cm³/mol. The van der Waals surface area contributed by atoms with Crippen molar-refractivity contribution in [3.05, 3.63) is 28.3 Å². The molecule has 0 radical (unpaired) electrons. The molecule has 0 aliphatic carbocycles. The highest BCUT2D eigenvalue weighted by molar-refractivity contribution is 6.39. The van der Waals surface area contributed by atoms with E-state index in [4.69, 9.17) is 4.74 Å². The van der Waals surface area contributed by atoms with Crippen molar-refractivity contribution in [2.75, 3.05) is 25.5 Å². The molecule has 0 saturated carbocycles. The number of nitrogens with one attached hydrogen (secondary N) is 1. The number of hydrogen-bond donors (Lipinski definition) is 1. The fourth-order valence-corrected chi connectivity index (χ4v) is 2.23. The SMILES string of the molecule is CCCCN(CCCC)C(=O)C(=O)Nc1ccc([N+](=O)[O-])cc1OC. The van der Waals surface area contributed by atoms with E-state index in [0.29, 0.717) is 13.1 Å². The number of anilines is 1. The molecule has 8 heteroatoms. The van der Waals surface area contributed by atoms with Gasteiger partial charge in [0.2, 0.25) is 0 Å². The first kappa shape index (κ1) is 20.4. The summed E-state index contributed by atoms with van der Waals surface area (Å²) < 4.78 is 5.06. The summed E-state index contributed by atoms with van der Waals surface area (Å²) in [4.78, 5) is 36.5. The van der Waals surface area contributed by atoms with E-state index in [0.717, 1.165) is 25.7 Å². The molecule has 0 aliphatic heterocycles. The third kappa shape index (κ3) is 6.06. The average molecular weight is 351 g/mol. The van der Waals surface area contributed by atoms with Gasteiger partial charge >= 0.3 is 11.8 Å². The summed E-state index contributed by atoms with van der Waals surface area (Å²) in [5.41, 5.74) is 0.0612. The van der Waals surface area contributed by atoms with Crippen molar-refractivity contribution in [1.82, 2.24) is 4.90 Å². The molecule has 1 aromatic rings. The van der Waals surface area contributed by atoms with Gasteiger partial charge in [-0.25, -0.2) is 0 Å². The van der Waals surface area contributed by atoms with E-state index in [9.17, 15) is 19.7 Å². The number of amides is 2. The number of carbonyl (C=O) groups is 2. The third-order valence-electron chi connectivity index (χ3n) is 3.69. The quantitative estimate of drug-likeness (QED) is 0.419. The molecule has 0 saturated heterocycles. The Labute approximate surface area is 147 Å². The molecule has 8 nitrogen and oxygen atoms in total. The molecule has 0 atom stereocenters. The zero-order valence-corrected chi connectivity index (χ0v) is 14.9. The normalized spacial score (nSPS) is 10.2. The van der Waals surface area contributed by atoms with Crippen molar-refractivity contribution in [1.29, 1.82) is 0 Å². The molecule has 1 N–H and O–H groups in total. The first-order valence-corrected chi connectivity index (χ1v) is 8.37. The van der Waals surface area contributed by atoms with E-state index in [2.05, 4.69) is 5.32 Å². The van der Waals surface area contributed by atoms with Crippen LogP contribution in [0.25, 0.3) is 0 Å². The second-order valence-electron chi connectivity index (χ2n) is 5.60. The van der Waals surface area contributed by atoms with Crippen molar-refractivity contribution in [2.24, 2.45) is 0 Å². The van der Waals surface area contributed by atoms with Crippen LogP contribution in [0.3, 0.4) is 0 Å². The molecule has 0 aliphatic rings. The fraction of sp³-hybridized carbons (Fsp3) is 0.529. The molecule has 138 valence electrons. The van der Waals surface area contributed by atoms with E-state index in [-0.39, 0.29) is 17.1 Å². The van der Waals surface area contributed by atoms with Crippen LogP contribution in [0.1, 0.15) is 39.5 Å². The largest absolute Gasteiger partial charge is 0.494 e. The first-order valence-electron chi connectivity index (χ1n) is 8.37. The van der Waals surface area contributed by atoms with Gasteiger partial charge in [-0.15, -0.1) is 0 Å². The summed E-state index contributed by atoms with van der Waals surface area (Å²) >= 11 is 0. The molecule has 1 rings (SSSR count). The minimum absolute atomic E-state index is 0.129. The lowest BCUT2D eigenvalue weighted by Crippen LogP contribution is -2.40. The molecule has 2 amide bonds. The highest BCUT2D eigenvalue weighted by atomic mass is 16.6. The number of nitro benzene ring substituents is 1. The zero-order chi connectivity index (χ0) is 18.8. The lowest BCUT2D eigenvalue weighted by atomic mass is 10.2. The average Bonchev–Trinajstić information content (AvgIpc) is 2.61. The number of nitro groups is 1. The molecule has 0 unspecified atom stereocenters. The van der Waals surface area contributed by atoms with Gasteiger partial charge < -0.3 is 15.0 Å². The number of unbranched alkanes of at least 4 members (excludes halogenated alkanes) is 2. The van der Waals surface area contributed by atoms with Gasteiger partial charge in [0.05, 0.1) is 23.8 Å². The maximum atomic E-state index is 12.4. The van der Waals surface area contributed by atoms with Crippen molar-refractivity contribution in [3.8, 4) is 5.75 Å². The Hall–Kier alpha value is -2.64. The Kier molecular flexibility index (Phi) is 8.38. The molecule has 0 heterocycles. The highest BCUT2D eigenvalue weighted by Crippen LogP contribution is 2.29. The molecule has 0 aromatic heterocycles. The standard InChI is InChI=1S/C17H25N3O5/c1-4-6-10-19(11-7-5-2)17(22)16(21)18-14-9-8-13(20(23)24)12-15(14)25-3/h8-9,12H,4-7,10-11H2,1-3H3,(H,18,21). The summed E-state index contributed by atoms with van der Waals surface area (Å²) in [5, 5.41) is 13.3.